The highest BCUT2D eigenvalue weighted by molar-refractivity contribution is 6.00. The summed E-state index contributed by atoms with van der Waals surface area (Å²) < 4.78 is 21.9. The van der Waals surface area contributed by atoms with Crippen LogP contribution in [0.4, 0.5) is 0 Å². The van der Waals surface area contributed by atoms with Crippen molar-refractivity contribution in [3.63, 3.8) is 0 Å². The second-order valence-corrected chi connectivity index (χ2v) is 7.66. The predicted molar refractivity (Wildman–Crippen MR) is 106 cm³/mol. The van der Waals surface area contributed by atoms with E-state index < -0.39 is 17.9 Å². The first kappa shape index (κ1) is 20.8. The van der Waals surface area contributed by atoms with Gasteiger partial charge in [0.15, 0.2) is 11.5 Å². The SMILES string of the molecule is CC1=C(C(=O)OC(C)C)C(c2ccc3c(c2)OCO3)C(C(=O)OC(C)C)=C(C)N1. The van der Waals surface area contributed by atoms with Crippen LogP contribution in [0.15, 0.2) is 40.7 Å². The van der Waals surface area contributed by atoms with Crippen LogP contribution >= 0.6 is 0 Å². The molecular weight excluding hydrogens is 374 g/mol. The normalized spacial score (nSPS) is 16.4. The minimum absolute atomic E-state index is 0.138. The number of esters is 2. The van der Waals surface area contributed by atoms with E-state index >= 15 is 0 Å². The zero-order valence-corrected chi connectivity index (χ0v) is 17.6. The Balaban J connectivity index is 2.13. The van der Waals surface area contributed by atoms with Gasteiger partial charge in [0.1, 0.15) is 0 Å². The minimum Gasteiger partial charge on any atom is -0.460 e. The Kier molecular flexibility index (Phi) is 5.86. The van der Waals surface area contributed by atoms with Gasteiger partial charge < -0.3 is 24.3 Å². The number of dihydropyridines is 1. The van der Waals surface area contributed by atoms with Gasteiger partial charge in [-0.1, -0.05) is 6.07 Å². The average Bonchev–Trinajstić information content (AvgIpc) is 3.07. The maximum absolute atomic E-state index is 13.0. The van der Waals surface area contributed by atoms with Crippen molar-refractivity contribution in [2.24, 2.45) is 0 Å². The molecule has 156 valence electrons. The third-order valence-electron chi connectivity index (χ3n) is 4.62. The van der Waals surface area contributed by atoms with Crippen molar-refractivity contribution >= 4 is 11.9 Å². The molecule has 0 unspecified atom stereocenters. The van der Waals surface area contributed by atoms with Crippen LogP contribution in [0.5, 0.6) is 11.5 Å². The van der Waals surface area contributed by atoms with Crippen LogP contribution in [-0.4, -0.2) is 30.9 Å². The number of carbonyl (C=O) groups is 2. The van der Waals surface area contributed by atoms with E-state index in [4.69, 9.17) is 18.9 Å². The second kappa shape index (κ2) is 8.19. The summed E-state index contributed by atoms with van der Waals surface area (Å²) in [5.41, 5.74) is 2.74. The van der Waals surface area contributed by atoms with Gasteiger partial charge in [-0.15, -0.1) is 0 Å². The maximum atomic E-state index is 13.0. The maximum Gasteiger partial charge on any atom is 0.337 e. The molecule has 0 aliphatic carbocycles. The molecule has 1 aromatic carbocycles. The smallest absolute Gasteiger partial charge is 0.337 e. The number of carbonyl (C=O) groups excluding carboxylic acids is 2. The molecule has 3 rings (SSSR count). The van der Waals surface area contributed by atoms with Crippen molar-refractivity contribution in [3.8, 4) is 11.5 Å². The highest BCUT2D eigenvalue weighted by atomic mass is 16.7. The van der Waals surface area contributed by atoms with E-state index in [-0.39, 0.29) is 19.0 Å². The van der Waals surface area contributed by atoms with Gasteiger partial charge in [0.05, 0.1) is 29.3 Å². The molecule has 0 spiro atoms. The van der Waals surface area contributed by atoms with Crippen LogP contribution < -0.4 is 14.8 Å². The van der Waals surface area contributed by atoms with Gasteiger partial charge in [-0.2, -0.15) is 0 Å². The lowest BCUT2D eigenvalue weighted by atomic mass is 9.80. The van der Waals surface area contributed by atoms with E-state index in [9.17, 15) is 9.59 Å². The largest absolute Gasteiger partial charge is 0.460 e. The van der Waals surface area contributed by atoms with Crippen LogP contribution in [0.1, 0.15) is 53.0 Å². The van der Waals surface area contributed by atoms with Gasteiger partial charge in [-0.05, 0) is 59.2 Å². The summed E-state index contributed by atoms with van der Waals surface area (Å²) in [4.78, 5) is 26.0. The summed E-state index contributed by atoms with van der Waals surface area (Å²) in [7, 11) is 0. The molecule has 2 aliphatic rings. The average molecular weight is 401 g/mol. The van der Waals surface area contributed by atoms with Gasteiger partial charge in [-0.3, -0.25) is 0 Å². The molecule has 0 fully saturated rings. The first-order valence-electron chi connectivity index (χ1n) is 9.69. The van der Waals surface area contributed by atoms with Crippen molar-refractivity contribution < 1.29 is 28.5 Å². The molecule has 0 saturated heterocycles. The Morgan fingerprint density at radius 3 is 1.97 bits per heavy atom. The summed E-state index contributed by atoms with van der Waals surface area (Å²) >= 11 is 0. The van der Waals surface area contributed by atoms with Crippen molar-refractivity contribution in [2.75, 3.05) is 6.79 Å². The van der Waals surface area contributed by atoms with Gasteiger partial charge in [0.25, 0.3) is 0 Å². The minimum atomic E-state index is -0.650. The number of hydrogen-bond acceptors (Lipinski definition) is 7. The van der Waals surface area contributed by atoms with E-state index in [1.54, 1.807) is 53.7 Å². The van der Waals surface area contributed by atoms with E-state index in [2.05, 4.69) is 5.32 Å². The highest BCUT2D eigenvalue weighted by Gasteiger charge is 2.39. The molecule has 0 saturated carbocycles. The zero-order chi connectivity index (χ0) is 21.3. The van der Waals surface area contributed by atoms with Crippen LogP contribution in [0, 0.1) is 0 Å². The summed E-state index contributed by atoms with van der Waals surface area (Å²) in [5, 5.41) is 3.14. The molecule has 0 atom stereocenters. The molecule has 7 heteroatoms. The molecule has 1 aromatic rings. The standard InChI is InChI=1S/C22H27NO6/c1-11(2)28-21(24)18-13(5)23-14(6)19(22(25)29-12(3)4)20(18)15-7-8-16-17(9-15)27-10-26-16/h7-9,11-12,20,23H,10H2,1-6H3. The molecule has 1 N–H and O–H groups in total. The molecule has 2 aliphatic heterocycles. The van der Waals surface area contributed by atoms with Gasteiger partial charge >= 0.3 is 11.9 Å². The fourth-order valence-electron chi connectivity index (χ4n) is 3.52. The van der Waals surface area contributed by atoms with E-state index in [0.717, 1.165) is 5.56 Å². The summed E-state index contributed by atoms with van der Waals surface area (Å²) in [5.74, 6) is -0.403. The number of benzene rings is 1. The second-order valence-electron chi connectivity index (χ2n) is 7.66. The van der Waals surface area contributed by atoms with Crippen LogP contribution in [0.25, 0.3) is 0 Å². The molecular formula is C22H27NO6. The highest BCUT2D eigenvalue weighted by Crippen LogP contribution is 2.43. The quantitative estimate of drug-likeness (QED) is 0.756. The molecule has 0 radical (unpaired) electrons. The van der Waals surface area contributed by atoms with Gasteiger partial charge in [0, 0.05) is 11.4 Å². The molecule has 0 bridgehead atoms. The lowest BCUT2D eigenvalue weighted by molar-refractivity contribution is -0.143. The van der Waals surface area contributed by atoms with Crippen molar-refractivity contribution in [2.45, 2.75) is 59.7 Å². The van der Waals surface area contributed by atoms with E-state index in [1.807, 2.05) is 6.07 Å². The monoisotopic (exact) mass is 401 g/mol. The Hall–Kier alpha value is -2.96. The van der Waals surface area contributed by atoms with Crippen LogP contribution in [0.3, 0.4) is 0 Å². The van der Waals surface area contributed by atoms with E-state index in [0.29, 0.717) is 34.0 Å². The van der Waals surface area contributed by atoms with Crippen LogP contribution in [0.2, 0.25) is 0 Å². The Morgan fingerprint density at radius 1 is 0.931 bits per heavy atom. The van der Waals surface area contributed by atoms with Crippen molar-refractivity contribution in [1.82, 2.24) is 5.32 Å². The number of rotatable bonds is 5. The Bertz CT molecular complexity index is 853. The van der Waals surface area contributed by atoms with Crippen LogP contribution in [-0.2, 0) is 19.1 Å². The lowest BCUT2D eigenvalue weighted by Gasteiger charge is -2.31. The fraction of sp³-hybridized carbons (Fsp3) is 0.455. The van der Waals surface area contributed by atoms with E-state index in [1.165, 1.54) is 0 Å². The van der Waals surface area contributed by atoms with Crippen molar-refractivity contribution in [3.05, 3.63) is 46.3 Å². The summed E-state index contributed by atoms with van der Waals surface area (Å²) in [6, 6.07) is 5.40. The number of hydrogen-bond donors (Lipinski definition) is 1. The first-order valence-corrected chi connectivity index (χ1v) is 9.69. The predicted octanol–water partition coefficient (Wildman–Crippen LogP) is 3.55. The first-order chi connectivity index (χ1) is 13.7. The van der Waals surface area contributed by atoms with Crippen molar-refractivity contribution in [1.29, 1.82) is 0 Å². The molecule has 0 amide bonds. The number of ether oxygens (including phenoxy) is 4. The molecule has 29 heavy (non-hydrogen) atoms. The third kappa shape index (κ3) is 4.23. The molecule has 2 heterocycles. The van der Waals surface area contributed by atoms with Gasteiger partial charge in [-0.25, -0.2) is 9.59 Å². The number of fused-ring (bicyclic) bond motifs is 1. The molecule has 7 nitrogen and oxygen atoms in total. The lowest BCUT2D eigenvalue weighted by Crippen LogP contribution is -2.33. The Labute approximate surface area is 170 Å². The molecule has 0 aromatic heterocycles. The number of nitrogens with one attached hydrogen (secondary N) is 1. The summed E-state index contributed by atoms with van der Waals surface area (Å²) in [6.45, 7) is 10.9. The van der Waals surface area contributed by atoms with Gasteiger partial charge in [0.2, 0.25) is 6.79 Å². The topological polar surface area (TPSA) is 83.1 Å². The third-order valence-corrected chi connectivity index (χ3v) is 4.62. The number of allylic oxidation sites excluding steroid dienone is 2. The Morgan fingerprint density at radius 2 is 1.45 bits per heavy atom. The summed E-state index contributed by atoms with van der Waals surface area (Å²) in [6.07, 6.45) is -0.587. The zero-order valence-electron chi connectivity index (χ0n) is 17.6. The fourth-order valence-corrected chi connectivity index (χ4v) is 3.52.